The van der Waals surface area contributed by atoms with Gasteiger partial charge in [0.2, 0.25) is 0 Å². The quantitative estimate of drug-likeness (QED) is 0.654. The number of fused-ring (bicyclic) bond motifs is 2. The summed E-state index contributed by atoms with van der Waals surface area (Å²) in [6, 6.07) is 0. The molecule has 2 saturated heterocycles. The van der Waals surface area contributed by atoms with E-state index in [0.717, 1.165) is 12.8 Å². The van der Waals surface area contributed by atoms with E-state index in [0.29, 0.717) is 6.22 Å². The molecule has 0 aromatic rings. The van der Waals surface area contributed by atoms with Crippen molar-refractivity contribution in [2.24, 2.45) is 0 Å². The first-order valence-corrected chi connectivity index (χ1v) is 6.35. The van der Waals surface area contributed by atoms with Gasteiger partial charge in [-0.1, -0.05) is 0 Å². The van der Waals surface area contributed by atoms with Gasteiger partial charge >= 0.3 is 14.2 Å². The maximum absolute atomic E-state index is 9.87. The van der Waals surface area contributed by atoms with Gasteiger partial charge in [0.25, 0.3) is 0 Å². The minimum Gasteiger partial charge on any atom is -0.427 e. The Hall–Kier alpha value is -0.0301. The van der Waals surface area contributed by atoms with Gasteiger partial charge in [-0.05, 0) is 47.5 Å². The van der Waals surface area contributed by atoms with E-state index in [1.807, 2.05) is 13.8 Å². The van der Waals surface area contributed by atoms with Crippen molar-refractivity contribution in [1.82, 2.24) is 0 Å². The van der Waals surface area contributed by atoms with Crippen molar-refractivity contribution >= 4 is 14.2 Å². The van der Waals surface area contributed by atoms with Crippen LogP contribution in [0, 0.1) is 0 Å². The standard InChI is InChI=1S/C11H22B2O4/c1-9(2)6-7-11(5)10(3,4)16-13(17-11)8-12(14)15-9/h14H,6-8H2,1-5H3. The zero-order valence-electron chi connectivity index (χ0n) is 11.4. The van der Waals surface area contributed by atoms with Gasteiger partial charge in [-0.25, -0.2) is 0 Å². The number of hydrogen-bond donors (Lipinski definition) is 1. The Bertz CT molecular complexity index is 308. The van der Waals surface area contributed by atoms with Crippen molar-refractivity contribution in [3.05, 3.63) is 0 Å². The summed E-state index contributed by atoms with van der Waals surface area (Å²) in [6.45, 7) is 10.2. The van der Waals surface area contributed by atoms with Crippen LogP contribution in [0.5, 0.6) is 0 Å². The molecule has 0 amide bonds. The summed E-state index contributed by atoms with van der Waals surface area (Å²) >= 11 is 0. The van der Waals surface area contributed by atoms with E-state index in [1.165, 1.54) is 0 Å². The summed E-state index contributed by atoms with van der Waals surface area (Å²) in [6.07, 6.45) is 2.05. The highest BCUT2D eigenvalue weighted by Gasteiger charge is 2.56. The average Bonchev–Trinajstić information content (AvgIpc) is 2.33. The molecule has 6 heteroatoms. The minimum absolute atomic E-state index is 0.317. The van der Waals surface area contributed by atoms with Crippen LogP contribution >= 0.6 is 0 Å². The largest absolute Gasteiger partial charge is 0.455 e. The predicted octanol–water partition coefficient (Wildman–Crippen LogP) is 1.67. The Morgan fingerprint density at radius 1 is 0.941 bits per heavy atom. The van der Waals surface area contributed by atoms with Crippen LogP contribution in [0.1, 0.15) is 47.5 Å². The van der Waals surface area contributed by atoms with Crippen molar-refractivity contribution in [1.29, 1.82) is 0 Å². The lowest BCUT2D eigenvalue weighted by Gasteiger charge is -2.39. The summed E-state index contributed by atoms with van der Waals surface area (Å²) < 4.78 is 17.5. The van der Waals surface area contributed by atoms with Crippen LogP contribution in [0.4, 0.5) is 0 Å². The topological polar surface area (TPSA) is 47.9 Å². The fourth-order valence-electron chi connectivity index (χ4n) is 2.55. The molecule has 0 radical (unpaired) electrons. The molecule has 0 spiro atoms. The van der Waals surface area contributed by atoms with Gasteiger partial charge in [0.05, 0.1) is 11.2 Å². The summed E-state index contributed by atoms with van der Waals surface area (Å²) in [5.74, 6) is 0. The van der Waals surface area contributed by atoms with E-state index in [2.05, 4.69) is 20.8 Å². The summed E-state index contributed by atoms with van der Waals surface area (Å²) in [4.78, 5) is 0. The van der Waals surface area contributed by atoms with Gasteiger partial charge in [-0.15, -0.1) is 0 Å². The van der Waals surface area contributed by atoms with E-state index in [9.17, 15) is 5.02 Å². The van der Waals surface area contributed by atoms with Crippen molar-refractivity contribution in [3.8, 4) is 0 Å². The number of hydrogen-bond acceptors (Lipinski definition) is 4. The van der Waals surface area contributed by atoms with Gasteiger partial charge in [0.15, 0.2) is 0 Å². The fourth-order valence-corrected chi connectivity index (χ4v) is 2.55. The third-order valence-electron chi connectivity index (χ3n) is 4.14. The van der Waals surface area contributed by atoms with Gasteiger partial charge in [0, 0.05) is 11.8 Å². The normalized spacial score (nSPS) is 36.4. The summed E-state index contributed by atoms with van der Waals surface area (Å²) in [5.41, 5.74) is -0.973. The highest BCUT2D eigenvalue weighted by Crippen LogP contribution is 2.43. The molecule has 96 valence electrons. The van der Waals surface area contributed by atoms with E-state index in [-0.39, 0.29) is 23.9 Å². The van der Waals surface area contributed by atoms with Crippen LogP contribution in [0.25, 0.3) is 0 Å². The molecule has 2 aliphatic rings. The molecule has 0 saturated carbocycles. The molecule has 0 aromatic heterocycles. The van der Waals surface area contributed by atoms with Crippen LogP contribution in [0.15, 0.2) is 0 Å². The first-order chi connectivity index (χ1) is 7.64. The molecule has 1 unspecified atom stereocenters. The average molecular weight is 240 g/mol. The van der Waals surface area contributed by atoms with E-state index < -0.39 is 7.12 Å². The van der Waals surface area contributed by atoms with Gasteiger partial charge in [-0.2, -0.15) is 0 Å². The molecule has 2 fully saturated rings. The molecule has 2 heterocycles. The maximum Gasteiger partial charge on any atom is 0.455 e. The van der Waals surface area contributed by atoms with Gasteiger partial charge < -0.3 is 19.0 Å². The molecule has 4 nitrogen and oxygen atoms in total. The van der Waals surface area contributed by atoms with Crippen LogP contribution in [-0.4, -0.2) is 36.1 Å². The van der Waals surface area contributed by atoms with Crippen molar-refractivity contribution < 1.29 is 19.0 Å². The lowest BCUT2D eigenvalue weighted by atomic mass is 9.63. The second-order valence-corrected chi connectivity index (χ2v) is 6.47. The molecular weight excluding hydrogens is 218 g/mol. The zero-order chi connectivity index (χ0) is 12.9. The lowest BCUT2D eigenvalue weighted by molar-refractivity contribution is -0.0333. The molecule has 17 heavy (non-hydrogen) atoms. The van der Waals surface area contributed by atoms with Gasteiger partial charge in [-0.3, -0.25) is 0 Å². The number of rotatable bonds is 0. The lowest BCUT2D eigenvalue weighted by Crippen LogP contribution is -2.46. The predicted molar refractivity (Wildman–Crippen MR) is 67.6 cm³/mol. The van der Waals surface area contributed by atoms with Crippen LogP contribution < -0.4 is 0 Å². The molecule has 0 aliphatic carbocycles. The highest BCUT2D eigenvalue weighted by atomic mass is 16.7. The summed E-state index contributed by atoms with van der Waals surface area (Å²) in [7, 11) is -1.20. The van der Waals surface area contributed by atoms with E-state index >= 15 is 0 Å². The summed E-state index contributed by atoms with van der Waals surface area (Å²) in [5, 5.41) is 9.87. The molecule has 2 bridgehead atoms. The SMILES string of the molecule is CC1(C)CCC2(C)OB(CB(O)O1)OC2(C)C. The molecule has 2 aliphatic heterocycles. The molecule has 1 N–H and O–H groups in total. The Labute approximate surface area is 104 Å². The fraction of sp³-hybridized carbons (Fsp3) is 1.00. The first kappa shape index (κ1) is 13.4. The Morgan fingerprint density at radius 2 is 1.59 bits per heavy atom. The second-order valence-electron chi connectivity index (χ2n) is 6.47. The Balaban J connectivity index is 2.23. The highest BCUT2D eigenvalue weighted by molar-refractivity contribution is 6.64. The first-order valence-electron chi connectivity index (χ1n) is 6.35. The Kier molecular flexibility index (Phi) is 3.14. The Morgan fingerprint density at radius 3 is 2.24 bits per heavy atom. The second kappa shape index (κ2) is 3.98. The monoisotopic (exact) mass is 240 g/mol. The maximum atomic E-state index is 9.87. The zero-order valence-corrected chi connectivity index (χ0v) is 11.4. The molecule has 2 rings (SSSR count). The van der Waals surface area contributed by atoms with Crippen LogP contribution in [-0.2, 0) is 14.0 Å². The smallest absolute Gasteiger partial charge is 0.427 e. The third kappa shape index (κ3) is 2.55. The van der Waals surface area contributed by atoms with Crippen LogP contribution in [0.3, 0.4) is 0 Å². The van der Waals surface area contributed by atoms with E-state index in [1.54, 1.807) is 0 Å². The molecule has 0 aromatic carbocycles. The van der Waals surface area contributed by atoms with Crippen LogP contribution in [0.2, 0.25) is 6.22 Å². The third-order valence-corrected chi connectivity index (χ3v) is 4.14. The van der Waals surface area contributed by atoms with Crippen molar-refractivity contribution in [2.45, 2.75) is 70.5 Å². The van der Waals surface area contributed by atoms with Gasteiger partial charge in [0.1, 0.15) is 0 Å². The van der Waals surface area contributed by atoms with Crippen molar-refractivity contribution in [3.63, 3.8) is 0 Å². The van der Waals surface area contributed by atoms with Crippen molar-refractivity contribution in [2.75, 3.05) is 0 Å². The minimum atomic E-state index is -0.828. The molecule has 1 atom stereocenters. The molecular formula is C11H22B2O4. The van der Waals surface area contributed by atoms with E-state index in [4.69, 9.17) is 14.0 Å².